The Hall–Kier alpha value is -3.20. The van der Waals surface area contributed by atoms with Crippen LogP contribution in [0.5, 0.6) is 0 Å². The smallest absolute Gasteiger partial charge is 0.338 e. The van der Waals surface area contributed by atoms with Crippen molar-refractivity contribution in [1.29, 1.82) is 0 Å². The molecule has 3 rings (SSSR count). The van der Waals surface area contributed by atoms with Crippen molar-refractivity contribution in [2.75, 3.05) is 13.2 Å². The normalized spacial score (nSPS) is 17.5. The summed E-state index contributed by atoms with van der Waals surface area (Å²) in [6, 6.07) is 4.99. The molecular formula is C20H22F2N3O4+. The van der Waals surface area contributed by atoms with E-state index in [1.807, 2.05) is 0 Å². The zero-order valence-corrected chi connectivity index (χ0v) is 16.0. The third-order valence-electron chi connectivity index (χ3n) is 4.61. The minimum atomic E-state index is -0.806. The lowest BCUT2D eigenvalue weighted by Gasteiger charge is -2.27. The Morgan fingerprint density at radius 2 is 2.14 bits per heavy atom. The summed E-state index contributed by atoms with van der Waals surface area (Å²) in [7, 11) is 0. The topological polar surface area (TPSA) is 97.2 Å². The summed E-state index contributed by atoms with van der Waals surface area (Å²) in [5, 5.41) is 7.02. The Kier molecular flexibility index (Phi) is 6.28. The average molecular weight is 406 g/mol. The molecule has 0 fully saturated rings. The maximum atomic E-state index is 14.0. The number of esters is 1. The van der Waals surface area contributed by atoms with E-state index in [0.717, 1.165) is 6.07 Å². The van der Waals surface area contributed by atoms with Crippen LogP contribution in [0.15, 0.2) is 52.3 Å². The van der Waals surface area contributed by atoms with E-state index in [1.54, 1.807) is 31.3 Å². The highest BCUT2D eigenvalue weighted by Gasteiger charge is 2.36. The van der Waals surface area contributed by atoms with E-state index >= 15 is 0 Å². The number of rotatable bonds is 7. The minimum absolute atomic E-state index is 0.162. The predicted octanol–water partition coefficient (Wildman–Crippen LogP) is 2.05. The lowest BCUT2D eigenvalue weighted by Crippen LogP contribution is -2.86. The van der Waals surface area contributed by atoms with Crippen molar-refractivity contribution in [3.05, 3.63) is 70.8 Å². The first kappa shape index (κ1) is 20.5. The fourth-order valence-electron chi connectivity index (χ4n) is 3.19. The second-order valence-electron chi connectivity index (χ2n) is 6.55. The molecule has 0 spiro atoms. The van der Waals surface area contributed by atoms with Crippen LogP contribution >= 0.6 is 0 Å². The maximum Gasteiger partial charge on any atom is 0.338 e. The van der Waals surface area contributed by atoms with Crippen LogP contribution in [0.1, 0.15) is 37.3 Å². The zero-order chi connectivity index (χ0) is 21.0. The van der Waals surface area contributed by atoms with Crippen molar-refractivity contribution in [2.45, 2.75) is 25.9 Å². The van der Waals surface area contributed by atoms with E-state index in [4.69, 9.17) is 9.15 Å². The third-order valence-corrected chi connectivity index (χ3v) is 4.61. The number of furan rings is 1. The molecule has 4 N–H and O–H groups in total. The molecule has 2 aromatic rings. The van der Waals surface area contributed by atoms with Gasteiger partial charge in [-0.1, -0.05) is 0 Å². The second-order valence-corrected chi connectivity index (χ2v) is 6.55. The number of halogens is 2. The molecule has 0 saturated heterocycles. The van der Waals surface area contributed by atoms with Crippen molar-refractivity contribution in [2.24, 2.45) is 0 Å². The van der Waals surface area contributed by atoms with Gasteiger partial charge in [0.15, 0.2) is 0 Å². The Morgan fingerprint density at radius 1 is 1.34 bits per heavy atom. The van der Waals surface area contributed by atoms with Crippen molar-refractivity contribution >= 4 is 12.0 Å². The third kappa shape index (κ3) is 4.62. The van der Waals surface area contributed by atoms with Crippen LogP contribution in [0.4, 0.5) is 13.6 Å². The van der Waals surface area contributed by atoms with Crippen LogP contribution in [0.2, 0.25) is 0 Å². The Bertz CT molecular complexity index is 928. The van der Waals surface area contributed by atoms with Crippen LogP contribution in [0, 0.1) is 11.6 Å². The van der Waals surface area contributed by atoms with E-state index < -0.39 is 29.7 Å². The molecular weight excluding hydrogens is 384 g/mol. The largest absolute Gasteiger partial charge is 0.467 e. The molecule has 1 aliphatic rings. The molecule has 0 aliphatic carbocycles. The number of hydrogen-bond donors (Lipinski definition) is 3. The van der Waals surface area contributed by atoms with Crippen molar-refractivity contribution in [3.8, 4) is 0 Å². The number of nitrogens with two attached hydrogens (primary N) is 1. The molecule has 2 heterocycles. The summed E-state index contributed by atoms with van der Waals surface area (Å²) < 4.78 is 37.7. The zero-order valence-electron chi connectivity index (χ0n) is 16.0. The fourth-order valence-corrected chi connectivity index (χ4v) is 3.19. The van der Waals surface area contributed by atoms with Gasteiger partial charge < -0.3 is 25.1 Å². The number of hydrogen-bond acceptors (Lipinski definition) is 4. The lowest BCUT2D eigenvalue weighted by atomic mass is 9.99. The first-order valence-electron chi connectivity index (χ1n) is 9.20. The van der Waals surface area contributed by atoms with E-state index in [2.05, 4.69) is 10.6 Å². The molecule has 0 radical (unpaired) electrons. The molecule has 1 aromatic heterocycles. The number of ether oxygens (including phenoxy) is 1. The van der Waals surface area contributed by atoms with Gasteiger partial charge in [0.25, 0.3) is 0 Å². The van der Waals surface area contributed by atoms with Crippen LogP contribution in [-0.4, -0.2) is 25.2 Å². The molecule has 2 atom stereocenters. The maximum absolute atomic E-state index is 14.0. The minimum Gasteiger partial charge on any atom is -0.467 e. The van der Waals surface area contributed by atoms with Crippen LogP contribution < -0.4 is 16.0 Å². The van der Waals surface area contributed by atoms with Crippen molar-refractivity contribution < 1.29 is 32.8 Å². The number of carbonyl (C=O) groups excluding carboxylic acids is 2. The monoisotopic (exact) mass is 406 g/mol. The highest BCUT2D eigenvalue weighted by molar-refractivity contribution is 5.95. The molecule has 154 valence electrons. The van der Waals surface area contributed by atoms with Gasteiger partial charge in [-0.15, -0.1) is 0 Å². The molecule has 0 saturated carbocycles. The van der Waals surface area contributed by atoms with Gasteiger partial charge >= 0.3 is 12.0 Å². The molecule has 0 bridgehead atoms. The summed E-state index contributed by atoms with van der Waals surface area (Å²) in [6.07, 6.45) is 1.44. The van der Waals surface area contributed by atoms with Gasteiger partial charge in [-0.25, -0.2) is 18.4 Å². The standard InChI is InChI=1S/C20H21F2N3O4/c1-3-28-19(26)17-15(24-20(27)25-18(17)16-5-4-8-29-16)10-23-11(2)13-7-6-12(21)9-14(13)22/h4-9,11,18,23H,3,10H2,1-2H3,(H2,24,25,27)/p+1/t11-,18-/m0/s1. The van der Waals surface area contributed by atoms with Crippen molar-refractivity contribution in [1.82, 2.24) is 10.6 Å². The molecule has 1 aliphatic heterocycles. The van der Waals surface area contributed by atoms with Crippen molar-refractivity contribution in [3.63, 3.8) is 0 Å². The van der Waals surface area contributed by atoms with Gasteiger partial charge in [-0.2, -0.15) is 0 Å². The van der Waals surface area contributed by atoms with Gasteiger partial charge in [-0.3, -0.25) is 0 Å². The Labute approximate surface area is 166 Å². The van der Waals surface area contributed by atoms with E-state index in [9.17, 15) is 18.4 Å². The SMILES string of the molecule is CCOC(=O)C1=C(C[NH2+][C@@H](C)c2ccc(F)cc2F)NC(=O)N[C@H]1c1ccco1. The first-order chi connectivity index (χ1) is 13.9. The fraction of sp³-hybridized carbons (Fsp3) is 0.300. The molecule has 9 heteroatoms. The number of quaternary nitrogens is 1. The summed E-state index contributed by atoms with van der Waals surface area (Å²) in [4.78, 5) is 24.7. The quantitative estimate of drug-likeness (QED) is 0.613. The summed E-state index contributed by atoms with van der Waals surface area (Å²) in [5.74, 6) is -1.52. The Morgan fingerprint density at radius 3 is 2.79 bits per heavy atom. The van der Waals surface area contributed by atoms with Gasteiger partial charge in [0.2, 0.25) is 0 Å². The number of nitrogens with one attached hydrogen (secondary N) is 2. The number of urea groups is 1. The molecule has 2 amide bonds. The average Bonchev–Trinajstić information content (AvgIpc) is 3.20. The van der Waals surface area contributed by atoms with Crippen LogP contribution in [0.3, 0.4) is 0 Å². The highest BCUT2D eigenvalue weighted by Crippen LogP contribution is 2.27. The van der Waals surface area contributed by atoms with E-state index in [0.29, 0.717) is 17.0 Å². The van der Waals surface area contributed by atoms with Gasteiger partial charge in [0, 0.05) is 11.6 Å². The predicted molar refractivity (Wildman–Crippen MR) is 98.3 cm³/mol. The molecule has 0 unspecified atom stereocenters. The first-order valence-corrected chi connectivity index (χ1v) is 9.20. The summed E-state index contributed by atoms with van der Waals surface area (Å²) >= 11 is 0. The van der Waals surface area contributed by atoms with E-state index in [-0.39, 0.29) is 24.8 Å². The van der Waals surface area contributed by atoms with E-state index in [1.165, 1.54) is 18.4 Å². The van der Waals surface area contributed by atoms with Gasteiger partial charge in [-0.05, 0) is 38.1 Å². The highest BCUT2D eigenvalue weighted by atomic mass is 19.1. The molecule has 7 nitrogen and oxygen atoms in total. The van der Waals surface area contributed by atoms with Crippen LogP contribution in [0.25, 0.3) is 0 Å². The molecule has 1 aromatic carbocycles. The number of carbonyl (C=O) groups is 2. The molecule has 29 heavy (non-hydrogen) atoms. The lowest BCUT2D eigenvalue weighted by molar-refractivity contribution is -0.686. The number of amides is 2. The summed E-state index contributed by atoms with van der Waals surface area (Å²) in [6.45, 7) is 3.75. The summed E-state index contributed by atoms with van der Waals surface area (Å²) in [5.41, 5.74) is 0.861. The number of benzene rings is 1. The van der Waals surface area contributed by atoms with Gasteiger partial charge in [0.05, 0.1) is 24.1 Å². The second kappa shape index (κ2) is 8.87. The van der Waals surface area contributed by atoms with Gasteiger partial charge in [0.1, 0.15) is 36.0 Å². The Balaban J connectivity index is 1.88. The van der Waals surface area contributed by atoms with Crippen LogP contribution in [-0.2, 0) is 9.53 Å².